The molecule has 2 aromatic carbocycles. The van der Waals surface area contributed by atoms with Gasteiger partial charge >= 0.3 is 0 Å². The van der Waals surface area contributed by atoms with E-state index in [1.807, 2.05) is 30.3 Å². The number of fused-ring (bicyclic) bond motifs is 1. The van der Waals surface area contributed by atoms with Crippen molar-refractivity contribution in [2.24, 2.45) is 5.92 Å². The number of amides is 1. The van der Waals surface area contributed by atoms with E-state index in [-0.39, 0.29) is 12.5 Å². The fourth-order valence-corrected chi connectivity index (χ4v) is 6.33. The van der Waals surface area contributed by atoms with Crippen LogP contribution in [0.2, 0.25) is 5.02 Å². The molecule has 0 aromatic heterocycles. The number of hydrogen-bond acceptors (Lipinski definition) is 4. The molecule has 1 amide bonds. The third-order valence-electron chi connectivity index (χ3n) is 5.27. The summed E-state index contributed by atoms with van der Waals surface area (Å²) in [6.07, 6.45) is 0.357. The number of methoxy groups -OCH3 is 1. The Labute approximate surface area is 163 Å². The van der Waals surface area contributed by atoms with Crippen molar-refractivity contribution in [1.82, 2.24) is 4.31 Å². The van der Waals surface area contributed by atoms with Crippen molar-refractivity contribution in [3.63, 3.8) is 0 Å². The first-order chi connectivity index (χ1) is 12.9. The minimum atomic E-state index is -3.73. The van der Waals surface area contributed by atoms with Crippen LogP contribution in [-0.4, -0.2) is 37.0 Å². The number of anilines is 1. The van der Waals surface area contributed by atoms with E-state index in [4.69, 9.17) is 16.3 Å². The number of nitrogens with one attached hydrogen (secondary N) is 1. The van der Waals surface area contributed by atoms with Gasteiger partial charge in [0.1, 0.15) is 5.75 Å². The van der Waals surface area contributed by atoms with Crippen molar-refractivity contribution in [1.29, 1.82) is 0 Å². The molecule has 1 heterocycles. The summed E-state index contributed by atoms with van der Waals surface area (Å²) in [6, 6.07) is 14.2. The van der Waals surface area contributed by atoms with Crippen LogP contribution in [0.1, 0.15) is 12.0 Å². The molecule has 4 rings (SSSR count). The molecule has 1 aliphatic carbocycles. The number of rotatable bonds is 5. The summed E-state index contributed by atoms with van der Waals surface area (Å²) in [5.41, 5.74) is 1.35. The molecule has 2 atom stereocenters. The van der Waals surface area contributed by atoms with Crippen LogP contribution in [0.3, 0.4) is 0 Å². The van der Waals surface area contributed by atoms with Gasteiger partial charge in [-0.2, -0.15) is 4.31 Å². The first kappa shape index (κ1) is 18.3. The van der Waals surface area contributed by atoms with Crippen molar-refractivity contribution in [2.45, 2.75) is 17.7 Å². The lowest BCUT2D eigenvalue weighted by atomic mass is 10.2. The van der Waals surface area contributed by atoms with Gasteiger partial charge < -0.3 is 10.1 Å². The van der Waals surface area contributed by atoms with Crippen LogP contribution in [0, 0.1) is 5.92 Å². The molecule has 6 nitrogen and oxygen atoms in total. The number of benzene rings is 2. The topological polar surface area (TPSA) is 75.7 Å². The zero-order valence-electron chi connectivity index (χ0n) is 14.7. The molecule has 8 heteroatoms. The second kappa shape index (κ2) is 6.51. The minimum Gasteiger partial charge on any atom is -0.495 e. The van der Waals surface area contributed by atoms with Gasteiger partial charge in [-0.1, -0.05) is 41.9 Å². The molecule has 0 unspecified atom stereocenters. The van der Waals surface area contributed by atoms with Crippen LogP contribution in [0.25, 0.3) is 0 Å². The van der Waals surface area contributed by atoms with Crippen LogP contribution in [0.4, 0.5) is 5.69 Å². The van der Waals surface area contributed by atoms with E-state index in [2.05, 4.69) is 5.32 Å². The number of carbonyl (C=O) groups is 1. The number of nitrogens with zero attached hydrogens (tertiary/aromatic N) is 1. The van der Waals surface area contributed by atoms with E-state index in [1.165, 1.54) is 11.4 Å². The average molecular weight is 407 g/mol. The Hall–Kier alpha value is -2.09. The van der Waals surface area contributed by atoms with Gasteiger partial charge in [0.15, 0.2) is 4.75 Å². The van der Waals surface area contributed by atoms with E-state index in [1.54, 1.807) is 18.2 Å². The molecule has 27 heavy (non-hydrogen) atoms. The predicted octanol–water partition coefficient (Wildman–Crippen LogP) is 2.89. The summed E-state index contributed by atoms with van der Waals surface area (Å²) in [5.74, 6) is -0.191. The number of hydrogen-bond donors (Lipinski definition) is 1. The van der Waals surface area contributed by atoms with Crippen LogP contribution < -0.4 is 10.1 Å². The fraction of sp³-hybridized carbons (Fsp3) is 0.316. The Morgan fingerprint density at radius 3 is 2.70 bits per heavy atom. The van der Waals surface area contributed by atoms with Gasteiger partial charge in [0.05, 0.1) is 12.1 Å². The highest BCUT2D eigenvalue weighted by molar-refractivity contribution is 7.92. The largest absolute Gasteiger partial charge is 0.495 e. The highest BCUT2D eigenvalue weighted by atomic mass is 35.5. The van der Waals surface area contributed by atoms with Crippen molar-refractivity contribution in [3.8, 4) is 5.75 Å². The summed E-state index contributed by atoms with van der Waals surface area (Å²) < 4.78 is 31.3. The van der Waals surface area contributed by atoms with E-state index in [9.17, 15) is 13.2 Å². The molecule has 142 valence electrons. The second-order valence-corrected chi connectivity index (χ2v) is 9.48. The van der Waals surface area contributed by atoms with Crippen molar-refractivity contribution in [2.75, 3.05) is 19.0 Å². The van der Waals surface area contributed by atoms with Crippen LogP contribution >= 0.6 is 11.6 Å². The molecule has 1 saturated heterocycles. The SMILES string of the molecule is COc1ccc(NC(=O)[C@@]23C[C@@H]2CN(Cc2ccccc2)S3(=O)=O)cc1Cl. The smallest absolute Gasteiger partial charge is 0.247 e. The van der Waals surface area contributed by atoms with Gasteiger partial charge in [-0.05, 0) is 30.2 Å². The van der Waals surface area contributed by atoms with Gasteiger partial charge in [0.2, 0.25) is 15.9 Å². The number of ether oxygens (including phenoxy) is 1. The van der Waals surface area contributed by atoms with Crippen LogP contribution in [0.15, 0.2) is 48.5 Å². The monoisotopic (exact) mass is 406 g/mol. The summed E-state index contributed by atoms with van der Waals surface area (Å²) in [6.45, 7) is 0.650. The van der Waals surface area contributed by atoms with E-state index in [0.29, 0.717) is 29.4 Å². The molecule has 0 radical (unpaired) electrons. The van der Waals surface area contributed by atoms with Crippen LogP contribution in [-0.2, 0) is 21.4 Å². The first-order valence-corrected chi connectivity index (χ1v) is 10.4. The summed E-state index contributed by atoms with van der Waals surface area (Å²) in [5, 5.41) is 3.06. The maximum absolute atomic E-state index is 13.1. The van der Waals surface area contributed by atoms with Gasteiger partial charge in [-0.3, -0.25) is 4.79 Å². The lowest BCUT2D eigenvalue weighted by Crippen LogP contribution is -2.41. The van der Waals surface area contributed by atoms with Crippen LogP contribution in [0.5, 0.6) is 5.75 Å². The normalized spacial score (nSPS) is 25.6. The van der Waals surface area contributed by atoms with E-state index >= 15 is 0 Å². The van der Waals surface area contributed by atoms with Gasteiger partial charge in [0.25, 0.3) is 0 Å². The zero-order valence-corrected chi connectivity index (χ0v) is 16.3. The minimum absolute atomic E-state index is 0.181. The highest BCUT2D eigenvalue weighted by Crippen LogP contribution is 2.58. The van der Waals surface area contributed by atoms with Gasteiger partial charge in [-0.15, -0.1) is 0 Å². The molecule has 0 bridgehead atoms. The third kappa shape index (κ3) is 2.90. The first-order valence-electron chi connectivity index (χ1n) is 8.57. The Balaban J connectivity index is 1.54. The Morgan fingerprint density at radius 1 is 1.30 bits per heavy atom. The number of sulfonamides is 1. The Morgan fingerprint density at radius 2 is 2.04 bits per heavy atom. The summed E-state index contributed by atoms with van der Waals surface area (Å²) >= 11 is 6.08. The fourth-order valence-electron chi connectivity index (χ4n) is 3.72. The maximum atomic E-state index is 13.1. The molecule has 0 spiro atoms. The quantitative estimate of drug-likeness (QED) is 0.828. The summed E-state index contributed by atoms with van der Waals surface area (Å²) in [4.78, 5) is 12.9. The van der Waals surface area contributed by atoms with Crippen molar-refractivity contribution in [3.05, 3.63) is 59.1 Å². The standard InChI is InChI=1S/C19H19ClN2O4S/c1-26-17-8-7-15(9-16(17)20)21-18(23)19-10-14(19)12-22(27(19,24)25)11-13-5-3-2-4-6-13/h2-9,14H,10-12H2,1H3,(H,21,23)/t14-,19-/m1/s1. The lowest BCUT2D eigenvalue weighted by molar-refractivity contribution is -0.116. The maximum Gasteiger partial charge on any atom is 0.247 e. The highest BCUT2D eigenvalue weighted by Gasteiger charge is 2.75. The molecule has 2 fully saturated rings. The molecule has 1 saturated carbocycles. The van der Waals surface area contributed by atoms with E-state index in [0.717, 1.165) is 5.56 Å². The molecular weight excluding hydrogens is 388 g/mol. The number of carbonyl (C=O) groups excluding carboxylic acids is 1. The average Bonchev–Trinajstić information content (AvgIpc) is 3.33. The lowest BCUT2D eigenvalue weighted by Gasteiger charge is -2.21. The van der Waals surface area contributed by atoms with E-state index < -0.39 is 20.7 Å². The second-order valence-electron chi connectivity index (χ2n) is 6.88. The third-order valence-corrected chi connectivity index (χ3v) is 8.13. The predicted molar refractivity (Wildman–Crippen MR) is 103 cm³/mol. The molecular formula is C19H19ClN2O4S. The van der Waals surface area contributed by atoms with Crippen molar-refractivity contribution < 1.29 is 17.9 Å². The van der Waals surface area contributed by atoms with Gasteiger partial charge in [-0.25, -0.2) is 8.42 Å². The summed E-state index contributed by atoms with van der Waals surface area (Å²) in [7, 11) is -2.23. The number of halogens is 1. The molecule has 1 aliphatic heterocycles. The molecule has 2 aromatic rings. The molecule has 1 N–H and O–H groups in total. The molecule has 2 aliphatic rings. The Bertz CT molecular complexity index is 996. The zero-order chi connectivity index (χ0) is 19.2. The van der Waals surface area contributed by atoms with Crippen molar-refractivity contribution >= 4 is 33.2 Å². The van der Waals surface area contributed by atoms with Gasteiger partial charge in [0, 0.05) is 24.7 Å². The Kier molecular flexibility index (Phi) is 4.41.